The summed E-state index contributed by atoms with van der Waals surface area (Å²) >= 11 is 0. The molecule has 2 heterocycles. The number of morpholine rings is 1. The fourth-order valence-electron chi connectivity index (χ4n) is 4.99. The van der Waals surface area contributed by atoms with Crippen LogP contribution in [0.3, 0.4) is 0 Å². The quantitative estimate of drug-likeness (QED) is 0.874. The number of hydrogen-bond donors (Lipinski definition) is 1. The number of nitrogens with zero attached hydrogens (tertiary/aromatic N) is 2. The lowest BCUT2D eigenvalue weighted by molar-refractivity contribution is -0.137. The molecule has 0 bridgehead atoms. The predicted molar refractivity (Wildman–Crippen MR) is 102 cm³/mol. The monoisotopic (exact) mass is 371 g/mol. The molecule has 2 aliphatic heterocycles. The molecule has 1 aromatic rings. The Morgan fingerprint density at radius 3 is 2.56 bits per heavy atom. The molecule has 2 fully saturated rings. The van der Waals surface area contributed by atoms with E-state index in [9.17, 15) is 9.59 Å². The molecule has 3 aliphatic rings. The molecule has 4 rings (SSSR count). The standard InChI is InChI=1S/C21H29N3O3/c1-16(25)22-19-14-21(18-5-3-2-4-17(18)19)6-8-23(9-7-21)15-20(26)24-10-12-27-13-11-24/h2-5,19H,6-15H2,1H3,(H,22,25)/t19-/m0/s1. The molecule has 0 aromatic heterocycles. The molecule has 1 aromatic carbocycles. The number of piperidine rings is 1. The van der Waals surface area contributed by atoms with Crippen molar-refractivity contribution in [2.75, 3.05) is 45.9 Å². The van der Waals surface area contributed by atoms with E-state index < -0.39 is 0 Å². The van der Waals surface area contributed by atoms with E-state index in [0.29, 0.717) is 32.8 Å². The number of ether oxygens (including phenoxy) is 1. The molecule has 0 radical (unpaired) electrons. The van der Waals surface area contributed by atoms with Crippen LogP contribution in [-0.2, 0) is 19.7 Å². The summed E-state index contributed by atoms with van der Waals surface area (Å²) in [5.74, 6) is 0.248. The van der Waals surface area contributed by atoms with E-state index >= 15 is 0 Å². The number of carbonyl (C=O) groups is 2. The molecule has 1 spiro atoms. The van der Waals surface area contributed by atoms with E-state index in [-0.39, 0.29) is 23.3 Å². The summed E-state index contributed by atoms with van der Waals surface area (Å²) in [6.07, 6.45) is 3.05. The third-order valence-corrected chi connectivity index (χ3v) is 6.42. The Morgan fingerprint density at radius 1 is 1.15 bits per heavy atom. The van der Waals surface area contributed by atoms with Gasteiger partial charge in [0, 0.05) is 25.4 Å². The SMILES string of the molecule is CC(=O)N[C@H]1CC2(CCN(CC(=O)N3CCOCC3)CC2)c2ccccc21. The lowest BCUT2D eigenvalue weighted by Gasteiger charge is -2.40. The molecule has 6 heteroatoms. The number of hydrogen-bond acceptors (Lipinski definition) is 4. The molecule has 0 unspecified atom stereocenters. The second-order valence-corrected chi connectivity index (χ2v) is 8.09. The molecule has 1 atom stereocenters. The largest absolute Gasteiger partial charge is 0.378 e. The molecule has 1 N–H and O–H groups in total. The molecule has 0 saturated carbocycles. The van der Waals surface area contributed by atoms with Crippen molar-refractivity contribution >= 4 is 11.8 Å². The van der Waals surface area contributed by atoms with Crippen molar-refractivity contribution in [2.45, 2.75) is 37.6 Å². The number of nitrogens with one attached hydrogen (secondary N) is 1. The van der Waals surface area contributed by atoms with Gasteiger partial charge in [0.15, 0.2) is 0 Å². The van der Waals surface area contributed by atoms with E-state index in [1.165, 1.54) is 11.1 Å². The highest BCUT2D eigenvalue weighted by molar-refractivity contribution is 5.78. The number of likely N-dealkylation sites (tertiary alicyclic amines) is 1. The molecule has 2 amide bonds. The van der Waals surface area contributed by atoms with Gasteiger partial charge in [0.05, 0.1) is 25.8 Å². The fraction of sp³-hybridized carbons (Fsp3) is 0.619. The number of fused-ring (bicyclic) bond motifs is 2. The molecule has 6 nitrogen and oxygen atoms in total. The second kappa shape index (κ2) is 7.60. The summed E-state index contributed by atoms with van der Waals surface area (Å²) in [6.45, 7) is 6.67. The third-order valence-electron chi connectivity index (χ3n) is 6.42. The smallest absolute Gasteiger partial charge is 0.236 e. The normalized spacial score (nSPS) is 24.6. The molecular weight excluding hydrogens is 342 g/mol. The maximum absolute atomic E-state index is 12.5. The van der Waals surface area contributed by atoms with Gasteiger partial charge in [-0.15, -0.1) is 0 Å². The molecule has 146 valence electrons. The van der Waals surface area contributed by atoms with Crippen molar-refractivity contribution in [3.05, 3.63) is 35.4 Å². The Morgan fingerprint density at radius 2 is 1.85 bits per heavy atom. The second-order valence-electron chi connectivity index (χ2n) is 8.09. The van der Waals surface area contributed by atoms with Crippen molar-refractivity contribution in [3.63, 3.8) is 0 Å². The first-order valence-electron chi connectivity index (χ1n) is 10.0. The van der Waals surface area contributed by atoms with Crippen LogP contribution in [0.1, 0.15) is 43.4 Å². The van der Waals surface area contributed by atoms with E-state index in [0.717, 1.165) is 32.4 Å². The summed E-state index contributed by atoms with van der Waals surface area (Å²) in [7, 11) is 0. The minimum atomic E-state index is 0.0281. The average Bonchev–Trinajstić information content (AvgIpc) is 2.97. The van der Waals surface area contributed by atoms with E-state index in [4.69, 9.17) is 4.74 Å². The van der Waals surface area contributed by atoms with Gasteiger partial charge in [-0.3, -0.25) is 14.5 Å². The summed E-state index contributed by atoms with van der Waals surface area (Å²) in [6, 6.07) is 8.65. The highest BCUT2D eigenvalue weighted by Crippen LogP contribution is 2.50. The Bertz CT molecular complexity index is 706. The van der Waals surface area contributed by atoms with Crippen molar-refractivity contribution < 1.29 is 14.3 Å². The number of carbonyl (C=O) groups excluding carboxylic acids is 2. The third kappa shape index (κ3) is 3.73. The van der Waals surface area contributed by atoms with Crippen LogP contribution < -0.4 is 5.32 Å². The van der Waals surface area contributed by atoms with Crippen molar-refractivity contribution in [3.8, 4) is 0 Å². The zero-order valence-corrected chi connectivity index (χ0v) is 16.1. The zero-order valence-electron chi connectivity index (χ0n) is 16.1. The van der Waals surface area contributed by atoms with Gasteiger partial charge >= 0.3 is 0 Å². The van der Waals surface area contributed by atoms with E-state index in [1.54, 1.807) is 6.92 Å². The molecule has 2 saturated heterocycles. The van der Waals surface area contributed by atoms with Crippen LogP contribution in [0, 0.1) is 0 Å². The Hall–Kier alpha value is -1.92. The maximum atomic E-state index is 12.5. The van der Waals surface area contributed by atoms with Crippen LogP contribution in [0.4, 0.5) is 0 Å². The highest BCUT2D eigenvalue weighted by atomic mass is 16.5. The predicted octanol–water partition coefficient (Wildman–Crippen LogP) is 1.46. The first-order chi connectivity index (χ1) is 13.1. The Labute approximate surface area is 160 Å². The molecular formula is C21H29N3O3. The molecule has 27 heavy (non-hydrogen) atoms. The minimum Gasteiger partial charge on any atom is -0.378 e. The van der Waals surface area contributed by atoms with Gasteiger partial charge in [-0.2, -0.15) is 0 Å². The van der Waals surface area contributed by atoms with Gasteiger partial charge in [-0.1, -0.05) is 24.3 Å². The molecule has 1 aliphatic carbocycles. The number of benzene rings is 1. The first-order valence-corrected chi connectivity index (χ1v) is 10.0. The highest BCUT2D eigenvalue weighted by Gasteiger charge is 2.45. The number of rotatable bonds is 3. The van der Waals surface area contributed by atoms with Gasteiger partial charge in [-0.05, 0) is 43.5 Å². The van der Waals surface area contributed by atoms with Crippen LogP contribution >= 0.6 is 0 Å². The van der Waals surface area contributed by atoms with Crippen LogP contribution in [-0.4, -0.2) is 67.6 Å². The average molecular weight is 371 g/mol. The summed E-state index contributed by atoms with van der Waals surface area (Å²) < 4.78 is 5.34. The topological polar surface area (TPSA) is 61.9 Å². The van der Waals surface area contributed by atoms with Gasteiger partial charge in [0.2, 0.25) is 11.8 Å². The lowest BCUT2D eigenvalue weighted by atomic mass is 9.73. The zero-order chi connectivity index (χ0) is 18.9. The summed E-state index contributed by atoms with van der Waals surface area (Å²) in [4.78, 5) is 28.4. The van der Waals surface area contributed by atoms with Crippen LogP contribution in [0.2, 0.25) is 0 Å². The van der Waals surface area contributed by atoms with Gasteiger partial charge in [-0.25, -0.2) is 0 Å². The maximum Gasteiger partial charge on any atom is 0.236 e. The van der Waals surface area contributed by atoms with Crippen molar-refractivity contribution in [2.24, 2.45) is 0 Å². The minimum absolute atomic E-state index is 0.0281. The summed E-state index contributed by atoms with van der Waals surface area (Å²) in [5, 5.41) is 3.13. The number of amides is 2. The van der Waals surface area contributed by atoms with Crippen LogP contribution in [0.25, 0.3) is 0 Å². The first kappa shape index (κ1) is 18.4. The van der Waals surface area contributed by atoms with E-state index in [2.05, 4.69) is 34.5 Å². The van der Waals surface area contributed by atoms with Crippen molar-refractivity contribution in [1.29, 1.82) is 0 Å². The van der Waals surface area contributed by atoms with Crippen molar-refractivity contribution in [1.82, 2.24) is 15.1 Å². The Kier molecular flexibility index (Phi) is 5.19. The van der Waals surface area contributed by atoms with Crippen LogP contribution in [0.15, 0.2) is 24.3 Å². The van der Waals surface area contributed by atoms with Gasteiger partial charge in [0.1, 0.15) is 0 Å². The van der Waals surface area contributed by atoms with E-state index in [1.807, 2.05) is 4.90 Å². The lowest BCUT2D eigenvalue weighted by Crippen LogP contribution is -2.49. The van der Waals surface area contributed by atoms with Gasteiger partial charge in [0.25, 0.3) is 0 Å². The Balaban J connectivity index is 1.41. The van der Waals surface area contributed by atoms with Crippen LogP contribution in [0.5, 0.6) is 0 Å². The van der Waals surface area contributed by atoms with Gasteiger partial charge < -0.3 is 15.0 Å². The summed E-state index contributed by atoms with van der Waals surface area (Å²) in [5.41, 5.74) is 2.79. The fourth-order valence-corrected chi connectivity index (χ4v) is 4.99.